The van der Waals surface area contributed by atoms with E-state index in [0.29, 0.717) is 4.90 Å². The second kappa shape index (κ2) is 6.67. The van der Waals surface area contributed by atoms with Crippen LogP contribution in [0.2, 0.25) is 0 Å². The molecule has 1 aliphatic carbocycles. The number of thioether (sulfide) groups is 1. The number of sulfone groups is 1. The third kappa shape index (κ3) is 3.57. The molecule has 0 radical (unpaired) electrons. The quantitative estimate of drug-likeness (QED) is 0.856. The van der Waals surface area contributed by atoms with Crippen LogP contribution in [0.5, 0.6) is 5.75 Å². The van der Waals surface area contributed by atoms with Gasteiger partial charge in [0.05, 0.1) is 10.1 Å². The molecule has 2 atom stereocenters. The van der Waals surface area contributed by atoms with Crippen LogP contribution in [0.1, 0.15) is 25.0 Å². The average molecular weight is 379 g/mol. The molecule has 0 aliphatic heterocycles. The Hall–Kier alpha value is -1.50. The zero-order chi connectivity index (χ0) is 18.2. The highest BCUT2D eigenvalue weighted by atomic mass is 32.3. The molecule has 0 heterocycles. The number of benzene rings is 2. The highest BCUT2D eigenvalue weighted by Gasteiger charge is 2.44. The van der Waals surface area contributed by atoms with E-state index in [1.165, 1.54) is 11.8 Å². The maximum atomic E-state index is 12.6. The predicted molar refractivity (Wildman–Crippen MR) is 101 cm³/mol. The van der Waals surface area contributed by atoms with Crippen LogP contribution in [0.4, 0.5) is 0 Å². The number of hydrogen-bond acceptors (Lipinski definition) is 4. The molecule has 4 nitrogen and oxygen atoms in total. The van der Waals surface area contributed by atoms with Gasteiger partial charge in [-0.2, -0.15) is 0 Å². The molecule has 4 N–H and O–H groups in total. The molecular weight excluding hydrogens is 354 g/mol. The minimum atomic E-state index is -3.31. The Balaban J connectivity index is 1.81. The SMILES string of the molecule is CC1(C)c2cc(O)ccc2CC(SCS(=O)(=O)c2ccccc2)C1[NH3+]. The van der Waals surface area contributed by atoms with Crippen molar-refractivity contribution in [1.29, 1.82) is 0 Å². The lowest BCUT2D eigenvalue weighted by atomic mass is 9.69. The molecule has 0 amide bonds. The minimum absolute atomic E-state index is 0.0528. The number of rotatable bonds is 4. The molecule has 2 aromatic rings. The van der Waals surface area contributed by atoms with Gasteiger partial charge in [0.15, 0.2) is 9.84 Å². The Kier molecular flexibility index (Phi) is 4.88. The summed E-state index contributed by atoms with van der Waals surface area (Å²) >= 11 is 1.46. The van der Waals surface area contributed by atoms with Crippen molar-refractivity contribution in [3.05, 3.63) is 59.7 Å². The summed E-state index contributed by atoms with van der Waals surface area (Å²) in [7, 11) is -3.31. The first-order valence-corrected chi connectivity index (χ1v) is 11.0. The molecule has 0 bridgehead atoms. The highest BCUT2D eigenvalue weighted by Crippen LogP contribution is 2.41. The van der Waals surface area contributed by atoms with Crippen LogP contribution < -0.4 is 5.73 Å². The number of hydrogen-bond donors (Lipinski definition) is 2. The van der Waals surface area contributed by atoms with Crippen LogP contribution in [0.15, 0.2) is 53.4 Å². The predicted octanol–water partition coefficient (Wildman–Crippen LogP) is 2.37. The van der Waals surface area contributed by atoms with Crippen molar-refractivity contribution < 1.29 is 19.3 Å². The van der Waals surface area contributed by atoms with Crippen LogP contribution in [-0.2, 0) is 21.7 Å². The fraction of sp³-hybridized carbons (Fsp3) is 0.368. The molecule has 6 heteroatoms. The summed E-state index contributed by atoms with van der Waals surface area (Å²) in [5, 5.41) is 9.97. The van der Waals surface area contributed by atoms with E-state index >= 15 is 0 Å². The molecule has 3 rings (SSSR count). The molecule has 25 heavy (non-hydrogen) atoms. The van der Waals surface area contributed by atoms with E-state index in [9.17, 15) is 13.5 Å². The van der Waals surface area contributed by atoms with Gasteiger partial charge in [-0.3, -0.25) is 0 Å². The van der Waals surface area contributed by atoms with Crippen molar-refractivity contribution in [3.8, 4) is 5.75 Å². The first-order chi connectivity index (χ1) is 11.7. The van der Waals surface area contributed by atoms with Gasteiger partial charge >= 0.3 is 0 Å². The van der Waals surface area contributed by atoms with E-state index < -0.39 is 9.84 Å². The van der Waals surface area contributed by atoms with Gasteiger partial charge in [0.25, 0.3) is 0 Å². The first-order valence-electron chi connectivity index (χ1n) is 8.26. The Labute approximate surface area is 153 Å². The number of phenols is 1. The van der Waals surface area contributed by atoms with Crippen molar-refractivity contribution >= 4 is 21.6 Å². The van der Waals surface area contributed by atoms with Gasteiger partial charge in [0.1, 0.15) is 16.9 Å². The molecule has 2 unspecified atom stereocenters. The molecule has 0 fully saturated rings. The Morgan fingerprint density at radius 2 is 1.88 bits per heavy atom. The smallest absolute Gasteiger partial charge is 0.187 e. The lowest BCUT2D eigenvalue weighted by Gasteiger charge is -2.40. The summed E-state index contributed by atoms with van der Waals surface area (Å²) in [5.74, 6) is 0.261. The second-order valence-electron chi connectivity index (χ2n) is 7.12. The Morgan fingerprint density at radius 3 is 2.56 bits per heavy atom. The van der Waals surface area contributed by atoms with E-state index in [0.717, 1.165) is 17.5 Å². The first kappa shape index (κ1) is 18.3. The van der Waals surface area contributed by atoms with Crippen LogP contribution in [0.3, 0.4) is 0 Å². The second-order valence-corrected chi connectivity index (χ2v) is 10.7. The summed E-state index contributed by atoms with van der Waals surface area (Å²) in [5.41, 5.74) is 6.39. The average Bonchev–Trinajstić information content (AvgIpc) is 2.59. The summed E-state index contributed by atoms with van der Waals surface area (Å²) < 4.78 is 25.1. The molecule has 134 valence electrons. The molecular formula is C19H24NO3S2+. The lowest BCUT2D eigenvalue weighted by molar-refractivity contribution is -0.435. The van der Waals surface area contributed by atoms with Crippen LogP contribution >= 0.6 is 11.8 Å². The fourth-order valence-corrected chi connectivity index (χ4v) is 6.82. The van der Waals surface area contributed by atoms with Crippen LogP contribution in [0.25, 0.3) is 0 Å². The zero-order valence-corrected chi connectivity index (χ0v) is 16.1. The monoisotopic (exact) mass is 378 g/mol. The third-order valence-electron chi connectivity index (χ3n) is 5.12. The Morgan fingerprint density at radius 1 is 1.20 bits per heavy atom. The standard InChI is InChI=1S/C19H23NO3S2/c1-19(2)16-11-14(21)9-8-13(16)10-17(18(19)20)24-12-25(22,23)15-6-4-3-5-7-15/h3-9,11,17-18,21H,10,12,20H2,1-2H3/p+1. The fourth-order valence-electron chi connectivity index (χ4n) is 3.41. The van der Waals surface area contributed by atoms with E-state index in [1.807, 2.05) is 18.2 Å². The van der Waals surface area contributed by atoms with Gasteiger partial charge in [-0.05, 0) is 41.8 Å². The van der Waals surface area contributed by atoms with E-state index in [1.54, 1.807) is 30.3 Å². The molecule has 0 saturated carbocycles. The van der Waals surface area contributed by atoms with Crippen LogP contribution in [0, 0.1) is 0 Å². The normalized spacial score (nSPS) is 22.4. The molecule has 2 aromatic carbocycles. The summed E-state index contributed by atoms with van der Waals surface area (Å²) in [6.07, 6.45) is 0.766. The molecule has 1 aliphatic rings. The molecule has 0 saturated heterocycles. The topological polar surface area (TPSA) is 82.0 Å². The maximum Gasteiger partial charge on any atom is 0.187 e. The number of aromatic hydroxyl groups is 1. The largest absolute Gasteiger partial charge is 0.508 e. The van der Waals surface area contributed by atoms with E-state index in [-0.39, 0.29) is 27.5 Å². The zero-order valence-electron chi connectivity index (χ0n) is 14.5. The molecule has 0 aromatic heterocycles. The van der Waals surface area contributed by atoms with Gasteiger partial charge in [-0.25, -0.2) is 8.42 Å². The maximum absolute atomic E-state index is 12.6. The van der Waals surface area contributed by atoms with Gasteiger partial charge in [-0.15, -0.1) is 11.8 Å². The molecule has 0 spiro atoms. The van der Waals surface area contributed by atoms with E-state index in [2.05, 4.69) is 19.6 Å². The van der Waals surface area contributed by atoms with E-state index in [4.69, 9.17) is 0 Å². The van der Waals surface area contributed by atoms with Gasteiger partial charge in [0.2, 0.25) is 0 Å². The number of fused-ring (bicyclic) bond motifs is 1. The minimum Gasteiger partial charge on any atom is -0.508 e. The lowest BCUT2D eigenvalue weighted by Crippen LogP contribution is -2.74. The van der Waals surface area contributed by atoms with Gasteiger partial charge in [-0.1, -0.05) is 38.1 Å². The van der Waals surface area contributed by atoms with Crippen LogP contribution in [-0.4, -0.2) is 29.9 Å². The third-order valence-corrected chi connectivity index (χ3v) is 8.82. The summed E-state index contributed by atoms with van der Waals surface area (Å²) in [6.45, 7) is 4.22. The summed E-state index contributed by atoms with van der Waals surface area (Å²) in [4.78, 5) is 0.364. The number of phenolic OH excluding ortho intramolecular Hbond substituents is 1. The Bertz CT molecular complexity index is 863. The van der Waals surface area contributed by atoms with Crippen molar-refractivity contribution in [2.24, 2.45) is 0 Å². The van der Waals surface area contributed by atoms with Crippen molar-refractivity contribution in [3.63, 3.8) is 0 Å². The van der Waals surface area contributed by atoms with Crippen molar-refractivity contribution in [2.75, 3.05) is 5.08 Å². The number of quaternary nitrogens is 1. The van der Waals surface area contributed by atoms with Crippen molar-refractivity contribution in [1.82, 2.24) is 0 Å². The van der Waals surface area contributed by atoms with Gasteiger partial charge in [0, 0.05) is 5.41 Å². The summed E-state index contributed by atoms with van der Waals surface area (Å²) in [6, 6.07) is 14.1. The van der Waals surface area contributed by atoms with Gasteiger partial charge < -0.3 is 10.8 Å². The van der Waals surface area contributed by atoms with Crippen molar-refractivity contribution in [2.45, 2.75) is 41.9 Å². The highest BCUT2D eigenvalue weighted by molar-refractivity contribution is 8.12.